The second kappa shape index (κ2) is 4.20. The molecule has 0 saturated heterocycles. The molecule has 0 spiro atoms. The number of imidazole rings is 1. The maximum Gasteiger partial charge on any atom is 0.140 e. The molecule has 0 saturated carbocycles. The summed E-state index contributed by atoms with van der Waals surface area (Å²) in [5.74, 6) is 2.70. The summed E-state index contributed by atoms with van der Waals surface area (Å²) in [6.07, 6.45) is 3.69. The van der Waals surface area contributed by atoms with Gasteiger partial charge >= 0.3 is 0 Å². The van der Waals surface area contributed by atoms with Crippen molar-refractivity contribution in [3.63, 3.8) is 0 Å². The van der Waals surface area contributed by atoms with Crippen molar-refractivity contribution in [2.45, 2.75) is 33.2 Å². The molecule has 0 aromatic carbocycles. The molecule has 0 bridgehead atoms. The fourth-order valence-electron chi connectivity index (χ4n) is 1.63. The molecule has 0 fully saturated rings. The summed E-state index contributed by atoms with van der Waals surface area (Å²) in [5, 5.41) is 3.36. The largest absolute Gasteiger partial charge is 0.365 e. The maximum absolute atomic E-state index is 4.57. The van der Waals surface area contributed by atoms with Crippen molar-refractivity contribution in [2.75, 3.05) is 5.32 Å². The Labute approximate surface area is 102 Å². The van der Waals surface area contributed by atoms with Crippen LogP contribution in [-0.4, -0.2) is 20.1 Å². The van der Waals surface area contributed by atoms with Gasteiger partial charge in [0.1, 0.15) is 17.5 Å². The lowest BCUT2D eigenvalue weighted by Crippen LogP contribution is -2.26. The number of hydrogen-bond donors (Lipinski definition) is 1. The van der Waals surface area contributed by atoms with Gasteiger partial charge in [-0.1, -0.05) is 6.07 Å². The van der Waals surface area contributed by atoms with Gasteiger partial charge in [-0.05, 0) is 39.8 Å². The van der Waals surface area contributed by atoms with Crippen LogP contribution in [0.25, 0.3) is 5.82 Å². The van der Waals surface area contributed by atoms with Crippen LogP contribution in [0.3, 0.4) is 0 Å². The predicted molar refractivity (Wildman–Crippen MR) is 69.5 cm³/mol. The highest BCUT2D eigenvalue weighted by atomic mass is 15.1. The Morgan fingerprint density at radius 1 is 1.24 bits per heavy atom. The molecule has 4 heteroatoms. The summed E-state index contributed by atoms with van der Waals surface area (Å²) in [5.41, 5.74) is 0.00953. The Hall–Kier alpha value is -1.84. The molecule has 2 rings (SSSR count). The lowest BCUT2D eigenvalue weighted by Gasteiger charge is -2.21. The average Bonchev–Trinajstić information content (AvgIpc) is 2.62. The van der Waals surface area contributed by atoms with Crippen LogP contribution in [-0.2, 0) is 0 Å². The fourth-order valence-corrected chi connectivity index (χ4v) is 1.63. The third kappa shape index (κ3) is 2.84. The van der Waals surface area contributed by atoms with Gasteiger partial charge in [0.05, 0.1) is 0 Å². The van der Waals surface area contributed by atoms with Crippen molar-refractivity contribution in [2.24, 2.45) is 0 Å². The van der Waals surface area contributed by atoms with Crippen LogP contribution in [0.2, 0.25) is 0 Å². The van der Waals surface area contributed by atoms with Crippen molar-refractivity contribution < 1.29 is 0 Å². The minimum atomic E-state index is 0.00953. The second-order valence-corrected chi connectivity index (χ2v) is 5.10. The molecule has 0 radical (unpaired) electrons. The first kappa shape index (κ1) is 11.6. The van der Waals surface area contributed by atoms with E-state index >= 15 is 0 Å². The molecule has 2 aromatic rings. The van der Waals surface area contributed by atoms with Crippen molar-refractivity contribution >= 4 is 5.82 Å². The monoisotopic (exact) mass is 230 g/mol. The van der Waals surface area contributed by atoms with E-state index < -0.39 is 0 Å². The summed E-state index contributed by atoms with van der Waals surface area (Å²) >= 11 is 0. The molecular weight excluding hydrogens is 212 g/mol. The first-order valence-electron chi connectivity index (χ1n) is 5.71. The van der Waals surface area contributed by atoms with Crippen LogP contribution in [0.5, 0.6) is 0 Å². The van der Waals surface area contributed by atoms with Crippen LogP contribution in [0, 0.1) is 6.92 Å². The Morgan fingerprint density at radius 3 is 2.59 bits per heavy atom. The van der Waals surface area contributed by atoms with E-state index in [9.17, 15) is 0 Å². The molecule has 0 aliphatic carbocycles. The summed E-state index contributed by atoms with van der Waals surface area (Å²) < 4.78 is 1.97. The van der Waals surface area contributed by atoms with Gasteiger partial charge in [-0.2, -0.15) is 0 Å². The Morgan fingerprint density at radius 2 is 2.00 bits per heavy atom. The van der Waals surface area contributed by atoms with Gasteiger partial charge in [0.2, 0.25) is 0 Å². The average molecular weight is 230 g/mol. The molecule has 17 heavy (non-hydrogen) atoms. The number of aromatic nitrogens is 3. The zero-order chi connectivity index (χ0) is 12.5. The standard InChI is InChI=1S/C13H18N4/c1-10-14-8-9-17(10)12-7-5-6-11(15-12)16-13(2,3)4/h5-9H,1-4H3,(H,15,16). The summed E-state index contributed by atoms with van der Waals surface area (Å²) in [4.78, 5) is 8.77. The van der Waals surface area contributed by atoms with Crippen LogP contribution in [0.1, 0.15) is 26.6 Å². The van der Waals surface area contributed by atoms with Gasteiger partial charge in [-0.25, -0.2) is 9.97 Å². The summed E-state index contributed by atoms with van der Waals surface area (Å²) in [6, 6.07) is 5.94. The van der Waals surface area contributed by atoms with Gasteiger partial charge in [-0.3, -0.25) is 4.57 Å². The number of pyridine rings is 1. The molecule has 1 N–H and O–H groups in total. The zero-order valence-electron chi connectivity index (χ0n) is 10.7. The van der Waals surface area contributed by atoms with Gasteiger partial charge in [0.15, 0.2) is 0 Å². The topological polar surface area (TPSA) is 42.7 Å². The molecule has 2 heterocycles. The van der Waals surface area contributed by atoms with Gasteiger partial charge in [0.25, 0.3) is 0 Å². The number of hydrogen-bond acceptors (Lipinski definition) is 3. The Kier molecular flexibility index (Phi) is 2.88. The smallest absolute Gasteiger partial charge is 0.140 e. The van der Waals surface area contributed by atoms with E-state index in [2.05, 4.69) is 36.1 Å². The van der Waals surface area contributed by atoms with Gasteiger partial charge in [-0.15, -0.1) is 0 Å². The first-order chi connectivity index (χ1) is 7.96. The van der Waals surface area contributed by atoms with E-state index in [0.717, 1.165) is 17.5 Å². The molecule has 0 aliphatic heterocycles. The highest BCUT2D eigenvalue weighted by Gasteiger charge is 2.10. The van der Waals surface area contributed by atoms with Crippen LogP contribution < -0.4 is 5.32 Å². The minimum absolute atomic E-state index is 0.00953. The van der Waals surface area contributed by atoms with Gasteiger partial charge in [0, 0.05) is 17.9 Å². The number of rotatable bonds is 2. The van der Waals surface area contributed by atoms with E-state index in [1.54, 1.807) is 6.20 Å². The Bertz CT molecular complexity index is 508. The zero-order valence-corrected chi connectivity index (χ0v) is 10.7. The second-order valence-electron chi connectivity index (χ2n) is 5.10. The highest BCUT2D eigenvalue weighted by Crippen LogP contribution is 2.15. The lowest BCUT2D eigenvalue weighted by atomic mass is 10.1. The van der Waals surface area contributed by atoms with Crippen molar-refractivity contribution in [3.8, 4) is 5.82 Å². The number of nitrogens with one attached hydrogen (secondary N) is 1. The first-order valence-corrected chi connectivity index (χ1v) is 5.71. The van der Waals surface area contributed by atoms with Gasteiger partial charge < -0.3 is 5.32 Å². The summed E-state index contributed by atoms with van der Waals surface area (Å²) in [6.45, 7) is 8.31. The number of anilines is 1. The SMILES string of the molecule is Cc1nccn1-c1cccc(NC(C)(C)C)n1. The molecule has 2 aromatic heterocycles. The minimum Gasteiger partial charge on any atom is -0.365 e. The Balaban J connectivity index is 2.32. The maximum atomic E-state index is 4.57. The molecule has 0 aliphatic rings. The number of nitrogens with zero attached hydrogens (tertiary/aromatic N) is 3. The molecular formula is C13H18N4. The normalized spacial score (nSPS) is 11.5. The van der Waals surface area contributed by atoms with E-state index in [-0.39, 0.29) is 5.54 Å². The van der Waals surface area contributed by atoms with Crippen LogP contribution >= 0.6 is 0 Å². The third-order valence-electron chi connectivity index (χ3n) is 2.31. The van der Waals surface area contributed by atoms with Crippen LogP contribution in [0.4, 0.5) is 5.82 Å². The van der Waals surface area contributed by atoms with E-state index in [0.29, 0.717) is 0 Å². The third-order valence-corrected chi connectivity index (χ3v) is 2.31. The molecule has 90 valence electrons. The van der Waals surface area contributed by atoms with E-state index in [4.69, 9.17) is 0 Å². The predicted octanol–water partition coefficient (Wildman–Crippen LogP) is 2.79. The van der Waals surface area contributed by atoms with Crippen molar-refractivity contribution in [1.29, 1.82) is 0 Å². The van der Waals surface area contributed by atoms with E-state index in [1.807, 2.05) is 35.9 Å². The van der Waals surface area contributed by atoms with Crippen molar-refractivity contribution in [1.82, 2.24) is 14.5 Å². The molecule has 0 amide bonds. The fraction of sp³-hybridized carbons (Fsp3) is 0.385. The van der Waals surface area contributed by atoms with Crippen LogP contribution in [0.15, 0.2) is 30.6 Å². The summed E-state index contributed by atoms with van der Waals surface area (Å²) in [7, 11) is 0. The molecule has 0 atom stereocenters. The molecule has 0 unspecified atom stereocenters. The number of aryl methyl sites for hydroxylation is 1. The highest BCUT2D eigenvalue weighted by molar-refractivity contribution is 5.41. The molecule has 4 nitrogen and oxygen atoms in total. The quantitative estimate of drug-likeness (QED) is 0.862. The van der Waals surface area contributed by atoms with Crippen molar-refractivity contribution in [3.05, 3.63) is 36.4 Å². The lowest BCUT2D eigenvalue weighted by molar-refractivity contribution is 0.630. The van der Waals surface area contributed by atoms with E-state index in [1.165, 1.54) is 0 Å².